The van der Waals surface area contributed by atoms with Gasteiger partial charge in [0.05, 0.1) is 23.3 Å². The molecule has 3 heterocycles. The van der Waals surface area contributed by atoms with Crippen molar-refractivity contribution in [2.24, 2.45) is 7.05 Å². The highest BCUT2D eigenvalue weighted by Gasteiger charge is 2.22. The van der Waals surface area contributed by atoms with Crippen molar-refractivity contribution in [2.45, 2.75) is 25.8 Å². The van der Waals surface area contributed by atoms with E-state index < -0.39 is 5.91 Å². The van der Waals surface area contributed by atoms with E-state index >= 15 is 0 Å². The number of nitrogen functional groups attached to an aromatic ring is 1. The van der Waals surface area contributed by atoms with Crippen molar-refractivity contribution in [2.75, 3.05) is 17.6 Å². The van der Waals surface area contributed by atoms with Crippen LogP contribution in [0.25, 0.3) is 28.2 Å². The molecular formula is C32H31N7O2. The summed E-state index contributed by atoms with van der Waals surface area (Å²) in [5.74, 6) is -0.149. The zero-order valence-electron chi connectivity index (χ0n) is 23.0. The number of aromatic nitrogens is 4. The number of nitrogens with zero attached hydrogens (tertiary/aromatic N) is 4. The number of carbonyl (C=O) groups excluding carboxylic acids is 1. The van der Waals surface area contributed by atoms with Gasteiger partial charge in [-0.1, -0.05) is 48.5 Å². The van der Waals surface area contributed by atoms with E-state index in [1.807, 2.05) is 54.6 Å². The van der Waals surface area contributed by atoms with E-state index in [4.69, 9.17) is 10.7 Å². The first-order valence-corrected chi connectivity index (χ1v) is 13.6. The molecule has 2 aromatic heterocycles. The van der Waals surface area contributed by atoms with Gasteiger partial charge in [0.2, 0.25) is 0 Å². The molecule has 0 saturated carbocycles. The number of anilines is 2. The molecule has 0 radical (unpaired) electrons. The van der Waals surface area contributed by atoms with Gasteiger partial charge in [0, 0.05) is 29.9 Å². The monoisotopic (exact) mass is 545 g/mol. The molecule has 9 nitrogen and oxygen atoms in total. The minimum atomic E-state index is -0.469. The molecule has 1 aliphatic rings. The lowest BCUT2D eigenvalue weighted by Crippen LogP contribution is -2.25. The van der Waals surface area contributed by atoms with E-state index in [2.05, 4.69) is 27.8 Å². The molecule has 1 unspecified atom stereocenters. The highest BCUT2D eigenvalue weighted by Crippen LogP contribution is 2.30. The fourth-order valence-electron chi connectivity index (χ4n) is 5.37. The lowest BCUT2D eigenvalue weighted by atomic mass is 10.0. The summed E-state index contributed by atoms with van der Waals surface area (Å²) in [5, 5.41) is 6.40. The number of nitrogens with one attached hydrogen (secondary N) is 2. The Morgan fingerprint density at radius 2 is 1.80 bits per heavy atom. The quantitative estimate of drug-likeness (QED) is 0.280. The average molecular weight is 546 g/mol. The largest absolute Gasteiger partial charge is 0.382 e. The maximum absolute atomic E-state index is 13.2. The van der Waals surface area contributed by atoms with Crippen LogP contribution in [0.1, 0.15) is 40.5 Å². The van der Waals surface area contributed by atoms with Crippen LogP contribution >= 0.6 is 0 Å². The number of hydrogen-bond acceptors (Lipinski definition) is 6. The van der Waals surface area contributed by atoms with Crippen LogP contribution in [0.2, 0.25) is 0 Å². The van der Waals surface area contributed by atoms with Gasteiger partial charge in [-0.25, -0.2) is 14.6 Å². The molecular weight excluding hydrogens is 514 g/mol. The number of rotatable bonds is 6. The molecule has 1 atom stereocenters. The molecule has 6 rings (SSSR count). The second-order valence-electron chi connectivity index (χ2n) is 10.2. The van der Waals surface area contributed by atoms with Crippen molar-refractivity contribution < 1.29 is 4.79 Å². The molecule has 1 amide bonds. The summed E-state index contributed by atoms with van der Waals surface area (Å²) in [6.07, 6.45) is 3.99. The van der Waals surface area contributed by atoms with Crippen LogP contribution in [-0.2, 0) is 7.05 Å². The van der Waals surface area contributed by atoms with Crippen LogP contribution in [0.5, 0.6) is 0 Å². The highest BCUT2D eigenvalue weighted by atomic mass is 16.2. The SMILES string of the molecule is Cc1c(C(=O)Nc2ccc(-c3nc(-c4cccc(C5CCCN5)c4)cnc3N)cc2)c(=O)n(-c2ccccc2)n1C. The van der Waals surface area contributed by atoms with Gasteiger partial charge in [-0.3, -0.25) is 14.3 Å². The summed E-state index contributed by atoms with van der Waals surface area (Å²) in [6.45, 7) is 2.79. The second-order valence-corrected chi connectivity index (χ2v) is 10.2. The smallest absolute Gasteiger partial charge is 0.284 e. The normalized spacial score (nSPS) is 14.7. The van der Waals surface area contributed by atoms with Gasteiger partial charge < -0.3 is 16.4 Å². The van der Waals surface area contributed by atoms with Crippen LogP contribution in [0, 0.1) is 6.92 Å². The van der Waals surface area contributed by atoms with Gasteiger partial charge in [0.25, 0.3) is 11.5 Å². The van der Waals surface area contributed by atoms with Crippen molar-refractivity contribution in [3.8, 4) is 28.2 Å². The Bertz CT molecular complexity index is 1780. The van der Waals surface area contributed by atoms with E-state index in [1.165, 1.54) is 16.7 Å². The molecule has 1 saturated heterocycles. The molecule has 1 fully saturated rings. The van der Waals surface area contributed by atoms with Gasteiger partial charge in [-0.2, -0.15) is 0 Å². The zero-order chi connectivity index (χ0) is 28.5. The van der Waals surface area contributed by atoms with Gasteiger partial charge in [0.1, 0.15) is 17.1 Å². The topological polar surface area (TPSA) is 120 Å². The third-order valence-corrected chi connectivity index (χ3v) is 7.64. The van der Waals surface area contributed by atoms with Crippen LogP contribution in [0.4, 0.5) is 11.5 Å². The van der Waals surface area contributed by atoms with Gasteiger partial charge in [-0.15, -0.1) is 0 Å². The van der Waals surface area contributed by atoms with Crippen LogP contribution in [-0.4, -0.2) is 31.8 Å². The second kappa shape index (κ2) is 10.9. The number of hydrogen-bond donors (Lipinski definition) is 3. The van der Waals surface area contributed by atoms with E-state index in [9.17, 15) is 9.59 Å². The lowest BCUT2D eigenvalue weighted by molar-refractivity contribution is 0.102. The summed E-state index contributed by atoms with van der Waals surface area (Å²) in [5.41, 5.74) is 12.0. The van der Waals surface area contributed by atoms with Crippen molar-refractivity contribution in [1.29, 1.82) is 0 Å². The molecule has 0 bridgehead atoms. The molecule has 9 heteroatoms. The fourth-order valence-corrected chi connectivity index (χ4v) is 5.37. The van der Waals surface area contributed by atoms with Gasteiger partial charge >= 0.3 is 0 Å². The first-order chi connectivity index (χ1) is 19.9. The number of benzene rings is 3. The maximum Gasteiger partial charge on any atom is 0.284 e. The molecule has 4 N–H and O–H groups in total. The van der Waals surface area contributed by atoms with Crippen LogP contribution in [0.15, 0.2) is 89.9 Å². The van der Waals surface area contributed by atoms with Crippen LogP contribution < -0.4 is 21.9 Å². The fraction of sp³-hybridized carbons (Fsp3) is 0.188. The molecule has 0 spiro atoms. The maximum atomic E-state index is 13.2. The summed E-state index contributed by atoms with van der Waals surface area (Å²) in [7, 11) is 1.76. The van der Waals surface area contributed by atoms with E-state index in [-0.39, 0.29) is 11.1 Å². The Balaban J connectivity index is 1.24. The number of nitrogens with two attached hydrogens (primary N) is 1. The number of amides is 1. The van der Waals surface area contributed by atoms with E-state index in [0.29, 0.717) is 34.6 Å². The molecule has 0 aliphatic carbocycles. The summed E-state index contributed by atoms with van der Waals surface area (Å²) in [6, 6.07) is 25.2. The Labute approximate surface area is 237 Å². The van der Waals surface area contributed by atoms with Gasteiger partial charge in [-0.05, 0) is 62.2 Å². The average Bonchev–Trinajstić information content (AvgIpc) is 3.61. The molecule has 3 aromatic carbocycles. The lowest BCUT2D eigenvalue weighted by Gasteiger charge is -2.13. The first kappa shape index (κ1) is 26.2. The summed E-state index contributed by atoms with van der Waals surface area (Å²) in [4.78, 5) is 35.7. The van der Waals surface area contributed by atoms with Crippen molar-refractivity contribution in [1.82, 2.24) is 24.6 Å². The number of para-hydroxylation sites is 1. The molecule has 206 valence electrons. The third kappa shape index (κ3) is 5.03. The van der Waals surface area contributed by atoms with Crippen molar-refractivity contribution >= 4 is 17.4 Å². The molecule has 41 heavy (non-hydrogen) atoms. The van der Waals surface area contributed by atoms with E-state index in [1.54, 1.807) is 37.0 Å². The molecule has 1 aliphatic heterocycles. The Kier molecular flexibility index (Phi) is 6.94. The zero-order valence-corrected chi connectivity index (χ0v) is 23.0. The predicted octanol–water partition coefficient (Wildman–Crippen LogP) is 4.87. The Morgan fingerprint density at radius 3 is 2.54 bits per heavy atom. The predicted molar refractivity (Wildman–Crippen MR) is 161 cm³/mol. The molecule has 5 aromatic rings. The van der Waals surface area contributed by atoms with Crippen LogP contribution in [0.3, 0.4) is 0 Å². The van der Waals surface area contributed by atoms with Crippen molar-refractivity contribution in [3.63, 3.8) is 0 Å². The summed E-state index contributed by atoms with van der Waals surface area (Å²) < 4.78 is 3.17. The highest BCUT2D eigenvalue weighted by molar-refractivity contribution is 6.05. The van der Waals surface area contributed by atoms with Gasteiger partial charge in [0.15, 0.2) is 0 Å². The van der Waals surface area contributed by atoms with E-state index in [0.717, 1.165) is 29.8 Å². The minimum absolute atomic E-state index is 0.0956. The Hall–Kier alpha value is -5.02. The Morgan fingerprint density at radius 1 is 1.02 bits per heavy atom. The number of carbonyl (C=O) groups is 1. The minimum Gasteiger partial charge on any atom is -0.382 e. The standard InChI is InChI=1S/C32H31N7O2/c1-20-28(32(41)39(38(20)2)25-10-4-3-5-11-25)31(40)36-24-15-13-21(14-16-24)29-30(33)35-19-27(37-29)23-9-6-8-22(18-23)26-12-7-17-34-26/h3-6,8-11,13-16,18-19,26,34H,7,12,17H2,1-2H3,(H2,33,35)(H,36,40). The third-order valence-electron chi connectivity index (χ3n) is 7.64. The first-order valence-electron chi connectivity index (χ1n) is 13.6. The summed E-state index contributed by atoms with van der Waals surface area (Å²) >= 11 is 0. The van der Waals surface area contributed by atoms with Crippen molar-refractivity contribution in [3.05, 3.63) is 112 Å².